The molecule has 3 aromatic rings. The van der Waals surface area contributed by atoms with Crippen LogP contribution in [0.5, 0.6) is 23.0 Å². The zero-order valence-electron chi connectivity index (χ0n) is 13.2. The van der Waals surface area contributed by atoms with Crippen molar-refractivity contribution in [3.63, 3.8) is 0 Å². The first kappa shape index (κ1) is 15.0. The van der Waals surface area contributed by atoms with Gasteiger partial charge in [-0.1, -0.05) is 35.4 Å². The van der Waals surface area contributed by atoms with Crippen molar-refractivity contribution in [1.29, 1.82) is 0 Å². The van der Waals surface area contributed by atoms with E-state index in [1.165, 1.54) is 11.1 Å². The fourth-order valence-electron chi connectivity index (χ4n) is 2.14. The second-order valence-electron chi connectivity index (χ2n) is 5.53. The lowest BCUT2D eigenvalue weighted by molar-refractivity contribution is 0.461. The molecule has 0 heterocycles. The van der Waals surface area contributed by atoms with E-state index in [2.05, 4.69) is 0 Å². The molecular formula is C20H19NO2. The van der Waals surface area contributed by atoms with Crippen LogP contribution in [0.1, 0.15) is 11.1 Å². The average molecular weight is 305 g/mol. The number of ether oxygens (including phenoxy) is 2. The lowest BCUT2D eigenvalue weighted by Gasteiger charge is -2.11. The van der Waals surface area contributed by atoms with Gasteiger partial charge in [-0.15, -0.1) is 0 Å². The maximum atomic E-state index is 6.00. The van der Waals surface area contributed by atoms with E-state index in [0.717, 1.165) is 11.5 Å². The van der Waals surface area contributed by atoms with E-state index in [1.807, 2.05) is 68.4 Å². The third-order valence-corrected chi connectivity index (χ3v) is 3.49. The van der Waals surface area contributed by atoms with Crippen molar-refractivity contribution in [2.45, 2.75) is 13.8 Å². The number of nitrogen functional groups attached to an aromatic ring is 1. The predicted molar refractivity (Wildman–Crippen MR) is 93.4 cm³/mol. The van der Waals surface area contributed by atoms with Crippen molar-refractivity contribution < 1.29 is 9.47 Å². The Kier molecular flexibility index (Phi) is 4.20. The number of anilines is 1. The van der Waals surface area contributed by atoms with E-state index >= 15 is 0 Å². The molecule has 0 spiro atoms. The van der Waals surface area contributed by atoms with Gasteiger partial charge in [-0.2, -0.15) is 0 Å². The van der Waals surface area contributed by atoms with Crippen LogP contribution in [0.3, 0.4) is 0 Å². The highest BCUT2D eigenvalue weighted by Gasteiger charge is 2.06. The molecular weight excluding hydrogens is 286 g/mol. The lowest BCUT2D eigenvalue weighted by Crippen LogP contribution is -1.93. The molecule has 0 fully saturated rings. The van der Waals surface area contributed by atoms with E-state index < -0.39 is 0 Å². The van der Waals surface area contributed by atoms with Crippen molar-refractivity contribution in [2.24, 2.45) is 0 Å². The van der Waals surface area contributed by atoms with Gasteiger partial charge in [-0.05, 0) is 50.2 Å². The van der Waals surface area contributed by atoms with Crippen LogP contribution in [0.2, 0.25) is 0 Å². The summed E-state index contributed by atoms with van der Waals surface area (Å²) in [5.74, 6) is 2.79. The van der Waals surface area contributed by atoms with Crippen LogP contribution >= 0.6 is 0 Å². The van der Waals surface area contributed by atoms with E-state index in [9.17, 15) is 0 Å². The number of benzene rings is 3. The quantitative estimate of drug-likeness (QED) is 0.650. The summed E-state index contributed by atoms with van der Waals surface area (Å²) in [5, 5.41) is 0. The smallest absolute Gasteiger partial charge is 0.154 e. The third kappa shape index (κ3) is 3.83. The minimum absolute atomic E-state index is 0.571. The van der Waals surface area contributed by atoms with Crippen molar-refractivity contribution in [1.82, 2.24) is 0 Å². The van der Waals surface area contributed by atoms with Crippen LogP contribution in [-0.2, 0) is 0 Å². The van der Waals surface area contributed by atoms with E-state index in [4.69, 9.17) is 15.2 Å². The lowest BCUT2D eigenvalue weighted by atomic mass is 10.2. The Morgan fingerprint density at radius 3 is 1.65 bits per heavy atom. The van der Waals surface area contributed by atoms with Gasteiger partial charge in [0.1, 0.15) is 17.2 Å². The molecule has 0 bridgehead atoms. The monoisotopic (exact) mass is 305 g/mol. The molecule has 3 aromatic carbocycles. The summed E-state index contributed by atoms with van der Waals surface area (Å²) in [6, 6.07) is 21.1. The standard InChI is InChI=1S/C20H19NO2/c1-14-3-7-16(8-4-14)22-18-11-12-19(21)20(13-18)23-17-9-5-15(2)6-10-17/h3-13H,21H2,1-2H3. The molecule has 0 atom stereocenters. The highest BCUT2D eigenvalue weighted by atomic mass is 16.5. The summed E-state index contributed by atoms with van der Waals surface area (Å²) in [6.45, 7) is 4.08. The largest absolute Gasteiger partial charge is 0.457 e. The average Bonchev–Trinajstić information content (AvgIpc) is 2.55. The maximum absolute atomic E-state index is 6.00. The van der Waals surface area contributed by atoms with Crippen molar-refractivity contribution >= 4 is 5.69 Å². The summed E-state index contributed by atoms with van der Waals surface area (Å²) in [4.78, 5) is 0. The van der Waals surface area contributed by atoms with Gasteiger partial charge < -0.3 is 15.2 Å². The highest BCUT2D eigenvalue weighted by molar-refractivity contribution is 5.57. The zero-order valence-corrected chi connectivity index (χ0v) is 13.2. The first-order valence-electron chi connectivity index (χ1n) is 7.49. The molecule has 23 heavy (non-hydrogen) atoms. The molecule has 3 rings (SSSR count). The first-order chi connectivity index (χ1) is 11.1. The number of aryl methyl sites for hydroxylation is 2. The maximum Gasteiger partial charge on any atom is 0.154 e. The molecule has 0 aliphatic rings. The molecule has 3 heteroatoms. The van der Waals surface area contributed by atoms with Crippen LogP contribution in [0.15, 0.2) is 66.7 Å². The van der Waals surface area contributed by atoms with Gasteiger partial charge in [0.2, 0.25) is 0 Å². The van der Waals surface area contributed by atoms with Crippen LogP contribution in [0.25, 0.3) is 0 Å². The molecule has 0 aliphatic heterocycles. The molecule has 0 unspecified atom stereocenters. The Labute approximate surface area is 136 Å². The molecule has 0 aliphatic carbocycles. The Bertz CT molecular complexity index is 793. The second-order valence-corrected chi connectivity index (χ2v) is 5.53. The van der Waals surface area contributed by atoms with Gasteiger partial charge >= 0.3 is 0 Å². The number of nitrogens with two attached hydrogens (primary N) is 1. The van der Waals surface area contributed by atoms with Crippen LogP contribution in [-0.4, -0.2) is 0 Å². The van der Waals surface area contributed by atoms with Gasteiger partial charge in [0.15, 0.2) is 5.75 Å². The SMILES string of the molecule is Cc1ccc(Oc2ccc(N)c(Oc3ccc(C)cc3)c2)cc1. The topological polar surface area (TPSA) is 44.5 Å². The Morgan fingerprint density at radius 1 is 0.609 bits per heavy atom. The van der Waals surface area contributed by atoms with Gasteiger partial charge in [0, 0.05) is 6.07 Å². The Balaban J connectivity index is 1.81. The third-order valence-electron chi connectivity index (χ3n) is 3.49. The molecule has 0 saturated heterocycles. The normalized spacial score (nSPS) is 10.3. The van der Waals surface area contributed by atoms with Crippen LogP contribution in [0.4, 0.5) is 5.69 Å². The van der Waals surface area contributed by atoms with Crippen molar-refractivity contribution in [2.75, 3.05) is 5.73 Å². The number of rotatable bonds is 4. The number of hydrogen-bond donors (Lipinski definition) is 1. The molecule has 2 N–H and O–H groups in total. The number of hydrogen-bond acceptors (Lipinski definition) is 3. The first-order valence-corrected chi connectivity index (χ1v) is 7.49. The van der Waals surface area contributed by atoms with Crippen LogP contribution < -0.4 is 15.2 Å². The van der Waals surface area contributed by atoms with Gasteiger partial charge in [-0.25, -0.2) is 0 Å². The summed E-state index contributed by atoms with van der Waals surface area (Å²) in [7, 11) is 0. The van der Waals surface area contributed by atoms with Crippen molar-refractivity contribution in [3.8, 4) is 23.0 Å². The van der Waals surface area contributed by atoms with Gasteiger partial charge in [0.25, 0.3) is 0 Å². The molecule has 0 amide bonds. The second kappa shape index (κ2) is 6.44. The minimum Gasteiger partial charge on any atom is -0.457 e. The van der Waals surface area contributed by atoms with E-state index in [-0.39, 0.29) is 0 Å². The van der Waals surface area contributed by atoms with Gasteiger partial charge in [-0.3, -0.25) is 0 Å². The van der Waals surface area contributed by atoms with Gasteiger partial charge in [0.05, 0.1) is 5.69 Å². The minimum atomic E-state index is 0.571. The fraction of sp³-hybridized carbons (Fsp3) is 0.100. The summed E-state index contributed by atoms with van der Waals surface area (Å²) >= 11 is 0. The van der Waals surface area contributed by atoms with Crippen LogP contribution in [0, 0.1) is 13.8 Å². The Morgan fingerprint density at radius 2 is 1.09 bits per heavy atom. The molecule has 116 valence electrons. The zero-order chi connectivity index (χ0) is 16.2. The van der Waals surface area contributed by atoms with E-state index in [1.54, 1.807) is 12.1 Å². The van der Waals surface area contributed by atoms with E-state index in [0.29, 0.717) is 17.2 Å². The molecule has 3 nitrogen and oxygen atoms in total. The highest BCUT2D eigenvalue weighted by Crippen LogP contribution is 2.33. The summed E-state index contributed by atoms with van der Waals surface area (Å²) in [5.41, 5.74) is 8.95. The molecule has 0 radical (unpaired) electrons. The molecule has 0 aromatic heterocycles. The fourth-order valence-corrected chi connectivity index (χ4v) is 2.14. The van der Waals surface area contributed by atoms with Crippen molar-refractivity contribution in [3.05, 3.63) is 77.9 Å². The summed E-state index contributed by atoms with van der Waals surface area (Å²) < 4.78 is 11.7. The molecule has 0 saturated carbocycles. The predicted octanol–water partition coefficient (Wildman–Crippen LogP) is 5.47. The Hall–Kier alpha value is -2.94. The summed E-state index contributed by atoms with van der Waals surface area (Å²) in [6.07, 6.45) is 0.